The SMILES string of the molecule is CN(C)/C=N/Nc1ncc(C(F)(F)F)cc1Cl. The molecule has 1 rings (SSSR count). The molecule has 17 heavy (non-hydrogen) atoms. The molecule has 1 aromatic rings. The maximum absolute atomic E-state index is 12.3. The lowest BCUT2D eigenvalue weighted by Crippen LogP contribution is -2.10. The molecule has 0 amide bonds. The van der Waals surface area contributed by atoms with E-state index in [0.717, 1.165) is 6.07 Å². The Bertz CT molecular complexity index is 417. The number of anilines is 1. The van der Waals surface area contributed by atoms with Crippen LogP contribution in [0.2, 0.25) is 5.02 Å². The zero-order chi connectivity index (χ0) is 13.1. The van der Waals surface area contributed by atoms with Gasteiger partial charge in [0.15, 0.2) is 5.82 Å². The molecule has 0 aliphatic rings. The highest BCUT2D eigenvalue weighted by atomic mass is 35.5. The first-order valence-corrected chi connectivity index (χ1v) is 4.87. The minimum absolute atomic E-state index is 0.0674. The Labute approximate surface area is 101 Å². The monoisotopic (exact) mass is 266 g/mol. The van der Waals surface area contributed by atoms with E-state index in [1.807, 2.05) is 0 Å². The molecule has 1 heterocycles. The van der Waals surface area contributed by atoms with Crippen molar-refractivity contribution in [1.82, 2.24) is 9.88 Å². The maximum atomic E-state index is 12.3. The minimum atomic E-state index is -4.46. The van der Waals surface area contributed by atoms with Crippen molar-refractivity contribution >= 4 is 23.8 Å². The second-order valence-electron chi connectivity index (χ2n) is 3.37. The van der Waals surface area contributed by atoms with Crippen molar-refractivity contribution in [3.05, 3.63) is 22.8 Å². The average Bonchev–Trinajstić information content (AvgIpc) is 2.18. The Morgan fingerprint density at radius 2 is 2.12 bits per heavy atom. The summed E-state index contributed by atoms with van der Waals surface area (Å²) in [6.07, 6.45) is -2.34. The van der Waals surface area contributed by atoms with Gasteiger partial charge in [0, 0.05) is 20.3 Å². The molecule has 0 fully saturated rings. The van der Waals surface area contributed by atoms with Crippen LogP contribution in [0.3, 0.4) is 0 Å². The van der Waals surface area contributed by atoms with Crippen molar-refractivity contribution < 1.29 is 13.2 Å². The Morgan fingerprint density at radius 3 is 2.59 bits per heavy atom. The summed E-state index contributed by atoms with van der Waals surface area (Å²) >= 11 is 5.64. The number of hydrogen-bond donors (Lipinski definition) is 1. The fraction of sp³-hybridized carbons (Fsp3) is 0.333. The summed E-state index contributed by atoms with van der Waals surface area (Å²) in [4.78, 5) is 5.19. The highest BCUT2D eigenvalue weighted by Crippen LogP contribution is 2.32. The Morgan fingerprint density at radius 1 is 1.47 bits per heavy atom. The van der Waals surface area contributed by atoms with Crippen molar-refractivity contribution in [3.8, 4) is 0 Å². The van der Waals surface area contributed by atoms with Crippen molar-refractivity contribution in [2.45, 2.75) is 6.18 Å². The molecule has 0 unspecified atom stereocenters. The quantitative estimate of drug-likeness (QED) is 0.519. The predicted octanol–water partition coefficient (Wildman–Crippen LogP) is 2.67. The fourth-order valence-electron chi connectivity index (χ4n) is 0.881. The first-order chi connectivity index (χ1) is 7.80. The van der Waals surface area contributed by atoms with Gasteiger partial charge in [0.25, 0.3) is 0 Å². The summed E-state index contributed by atoms with van der Waals surface area (Å²) in [6, 6.07) is 0.794. The van der Waals surface area contributed by atoms with Crippen LogP contribution in [0.15, 0.2) is 17.4 Å². The fourth-order valence-corrected chi connectivity index (χ4v) is 1.09. The Balaban J connectivity index is 2.84. The molecule has 0 saturated heterocycles. The van der Waals surface area contributed by atoms with E-state index < -0.39 is 11.7 Å². The van der Waals surface area contributed by atoms with Crippen LogP contribution >= 0.6 is 11.6 Å². The van der Waals surface area contributed by atoms with Crippen LogP contribution in [-0.2, 0) is 6.18 Å². The van der Waals surface area contributed by atoms with Crippen molar-refractivity contribution in [2.75, 3.05) is 19.5 Å². The second-order valence-corrected chi connectivity index (χ2v) is 3.78. The standard InChI is InChI=1S/C9H10ClF3N4/c1-17(2)5-15-16-8-7(10)3-6(4-14-8)9(11,12)13/h3-5H,1-2H3,(H,14,16)/b15-5+. The minimum Gasteiger partial charge on any atom is -0.367 e. The van der Waals surface area contributed by atoms with E-state index in [1.54, 1.807) is 19.0 Å². The van der Waals surface area contributed by atoms with Crippen molar-refractivity contribution in [1.29, 1.82) is 0 Å². The summed E-state index contributed by atoms with van der Waals surface area (Å²) in [6.45, 7) is 0. The van der Waals surface area contributed by atoms with Gasteiger partial charge in [-0.25, -0.2) is 4.98 Å². The van der Waals surface area contributed by atoms with Crippen LogP contribution in [0.4, 0.5) is 19.0 Å². The lowest BCUT2D eigenvalue weighted by molar-refractivity contribution is -0.137. The van der Waals surface area contributed by atoms with Gasteiger partial charge in [-0.05, 0) is 6.07 Å². The average molecular weight is 267 g/mol. The summed E-state index contributed by atoms with van der Waals surface area (Å²) in [5.74, 6) is 0.0674. The molecule has 4 nitrogen and oxygen atoms in total. The molecule has 0 saturated carbocycles. The number of nitrogens with one attached hydrogen (secondary N) is 1. The maximum Gasteiger partial charge on any atom is 0.417 e. The third-order valence-corrected chi connectivity index (χ3v) is 1.92. The van der Waals surface area contributed by atoms with Crippen LogP contribution in [0.1, 0.15) is 5.56 Å². The Hall–Kier alpha value is -1.50. The Kier molecular flexibility index (Phi) is 4.17. The summed E-state index contributed by atoms with van der Waals surface area (Å²) in [5, 5.41) is 3.57. The highest BCUT2D eigenvalue weighted by Gasteiger charge is 2.31. The number of nitrogens with zero attached hydrogens (tertiary/aromatic N) is 3. The largest absolute Gasteiger partial charge is 0.417 e. The van der Waals surface area contributed by atoms with Gasteiger partial charge < -0.3 is 4.90 Å². The van der Waals surface area contributed by atoms with Gasteiger partial charge in [0.1, 0.15) is 6.34 Å². The lowest BCUT2D eigenvalue weighted by atomic mass is 10.3. The number of aromatic nitrogens is 1. The number of rotatable bonds is 3. The van der Waals surface area contributed by atoms with E-state index in [1.165, 1.54) is 6.34 Å². The zero-order valence-corrected chi connectivity index (χ0v) is 9.84. The second kappa shape index (κ2) is 5.22. The number of pyridine rings is 1. The van der Waals surface area contributed by atoms with E-state index in [4.69, 9.17) is 11.6 Å². The molecule has 8 heteroatoms. The predicted molar refractivity (Wildman–Crippen MR) is 60.1 cm³/mol. The normalized spacial score (nSPS) is 11.9. The smallest absolute Gasteiger partial charge is 0.367 e. The molecular formula is C9H10ClF3N4. The van der Waals surface area contributed by atoms with Gasteiger partial charge in [-0.1, -0.05) is 11.6 Å². The van der Waals surface area contributed by atoms with Gasteiger partial charge >= 0.3 is 6.18 Å². The third kappa shape index (κ3) is 4.10. The summed E-state index contributed by atoms with van der Waals surface area (Å²) in [5.41, 5.74) is 1.54. The van der Waals surface area contributed by atoms with Gasteiger partial charge in [-0.3, -0.25) is 5.43 Å². The molecule has 0 aliphatic carbocycles. The lowest BCUT2D eigenvalue weighted by Gasteiger charge is -2.08. The number of hydrazone groups is 1. The molecular weight excluding hydrogens is 257 g/mol. The molecule has 1 aromatic heterocycles. The molecule has 1 N–H and O–H groups in total. The highest BCUT2D eigenvalue weighted by molar-refractivity contribution is 6.32. The molecule has 0 aromatic carbocycles. The van der Waals surface area contributed by atoms with E-state index >= 15 is 0 Å². The molecule has 94 valence electrons. The van der Waals surface area contributed by atoms with Gasteiger partial charge in [-0.15, -0.1) is 0 Å². The van der Waals surface area contributed by atoms with Gasteiger partial charge in [0.2, 0.25) is 0 Å². The van der Waals surface area contributed by atoms with Crippen molar-refractivity contribution in [3.63, 3.8) is 0 Å². The van der Waals surface area contributed by atoms with Crippen LogP contribution < -0.4 is 5.43 Å². The number of hydrogen-bond acceptors (Lipinski definition) is 3. The zero-order valence-electron chi connectivity index (χ0n) is 9.09. The summed E-state index contributed by atoms with van der Waals surface area (Å²) in [7, 11) is 3.49. The molecule has 0 spiro atoms. The van der Waals surface area contributed by atoms with Crippen molar-refractivity contribution in [2.24, 2.45) is 5.10 Å². The van der Waals surface area contributed by atoms with Crippen LogP contribution in [0.25, 0.3) is 0 Å². The van der Waals surface area contributed by atoms with Gasteiger partial charge in [0.05, 0.1) is 10.6 Å². The number of halogens is 4. The van der Waals surface area contributed by atoms with Crippen LogP contribution in [-0.4, -0.2) is 30.3 Å². The number of alkyl halides is 3. The van der Waals surface area contributed by atoms with E-state index in [9.17, 15) is 13.2 Å². The molecule has 0 atom stereocenters. The molecule has 0 bridgehead atoms. The first kappa shape index (κ1) is 13.6. The summed E-state index contributed by atoms with van der Waals surface area (Å²) < 4.78 is 36.9. The van der Waals surface area contributed by atoms with E-state index in [2.05, 4.69) is 15.5 Å². The van der Waals surface area contributed by atoms with Crippen LogP contribution in [0, 0.1) is 0 Å². The van der Waals surface area contributed by atoms with E-state index in [-0.39, 0.29) is 10.8 Å². The van der Waals surface area contributed by atoms with E-state index in [0.29, 0.717) is 6.20 Å². The molecule has 0 radical (unpaired) electrons. The topological polar surface area (TPSA) is 40.5 Å². The first-order valence-electron chi connectivity index (χ1n) is 4.49. The molecule has 0 aliphatic heterocycles. The third-order valence-electron chi connectivity index (χ3n) is 1.63. The van der Waals surface area contributed by atoms with Gasteiger partial charge in [-0.2, -0.15) is 18.3 Å². The van der Waals surface area contributed by atoms with Crippen LogP contribution in [0.5, 0.6) is 0 Å².